The van der Waals surface area contributed by atoms with Crippen molar-refractivity contribution in [3.63, 3.8) is 0 Å². The van der Waals surface area contributed by atoms with E-state index in [4.69, 9.17) is 0 Å². The van der Waals surface area contributed by atoms with Gasteiger partial charge < -0.3 is 10.4 Å². The second-order valence-corrected chi connectivity index (χ2v) is 7.24. The molecular formula is C9H19NO3S2. The van der Waals surface area contributed by atoms with Crippen molar-refractivity contribution in [1.29, 1.82) is 0 Å². The van der Waals surface area contributed by atoms with Crippen molar-refractivity contribution in [2.75, 3.05) is 23.5 Å². The van der Waals surface area contributed by atoms with Crippen molar-refractivity contribution in [2.45, 2.75) is 31.5 Å². The monoisotopic (exact) mass is 253 g/mol. The van der Waals surface area contributed by atoms with Crippen molar-refractivity contribution < 1.29 is 13.5 Å². The van der Waals surface area contributed by atoms with Crippen LogP contribution in [0.5, 0.6) is 0 Å². The minimum Gasteiger partial charge on any atom is -0.390 e. The number of aliphatic hydroxyl groups is 1. The Morgan fingerprint density at radius 2 is 2.20 bits per heavy atom. The van der Waals surface area contributed by atoms with Crippen LogP contribution in [0.15, 0.2) is 0 Å². The van der Waals surface area contributed by atoms with Gasteiger partial charge in [0.05, 0.1) is 17.6 Å². The highest BCUT2D eigenvalue weighted by Gasteiger charge is 2.36. The summed E-state index contributed by atoms with van der Waals surface area (Å²) < 4.78 is 22.5. The van der Waals surface area contributed by atoms with Gasteiger partial charge in [0.2, 0.25) is 0 Å². The average Bonchev–Trinajstić information content (AvgIpc) is 2.36. The lowest BCUT2D eigenvalue weighted by atomic mass is 10.1. The van der Waals surface area contributed by atoms with E-state index in [1.54, 1.807) is 11.8 Å². The predicted octanol–water partition coefficient (Wildman–Crippen LogP) is -0.124. The molecule has 0 radical (unpaired) electrons. The summed E-state index contributed by atoms with van der Waals surface area (Å²) in [6.07, 6.45) is 2.29. The first-order chi connectivity index (χ1) is 6.94. The van der Waals surface area contributed by atoms with E-state index in [1.165, 1.54) is 0 Å². The minimum absolute atomic E-state index is 0.0672. The molecule has 90 valence electrons. The molecule has 3 atom stereocenters. The standard InChI is InChI=1S/C9H19NO3S2/c1-7(3-4-14-2)10-8-5-15(12,13)6-9(8)11/h7-11H,3-6H2,1-2H3. The summed E-state index contributed by atoms with van der Waals surface area (Å²) in [5.74, 6) is 1.02. The van der Waals surface area contributed by atoms with E-state index in [1.807, 2.05) is 13.2 Å². The van der Waals surface area contributed by atoms with Gasteiger partial charge in [0.25, 0.3) is 0 Å². The summed E-state index contributed by atoms with van der Waals surface area (Å²) >= 11 is 1.77. The predicted molar refractivity (Wildman–Crippen MR) is 64.0 cm³/mol. The van der Waals surface area contributed by atoms with Crippen LogP contribution in [0.25, 0.3) is 0 Å². The third-order valence-corrected chi connectivity index (χ3v) is 4.94. The van der Waals surface area contributed by atoms with Crippen molar-refractivity contribution >= 4 is 21.6 Å². The van der Waals surface area contributed by atoms with Crippen LogP contribution in [0.2, 0.25) is 0 Å². The van der Waals surface area contributed by atoms with Gasteiger partial charge in [-0.1, -0.05) is 0 Å². The summed E-state index contributed by atoms with van der Waals surface area (Å²) in [5.41, 5.74) is 0. The maximum absolute atomic E-state index is 11.2. The quantitative estimate of drug-likeness (QED) is 0.715. The van der Waals surface area contributed by atoms with E-state index >= 15 is 0 Å². The van der Waals surface area contributed by atoms with E-state index < -0.39 is 15.9 Å². The molecule has 1 aliphatic heterocycles. The first-order valence-corrected chi connectivity index (χ1v) is 8.29. The van der Waals surface area contributed by atoms with E-state index in [0.29, 0.717) is 0 Å². The van der Waals surface area contributed by atoms with Crippen molar-refractivity contribution in [3.8, 4) is 0 Å². The number of nitrogens with one attached hydrogen (secondary N) is 1. The zero-order valence-electron chi connectivity index (χ0n) is 9.14. The number of hydrogen-bond donors (Lipinski definition) is 2. The fraction of sp³-hybridized carbons (Fsp3) is 1.00. The van der Waals surface area contributed by atoms with E-state index in [-0.39, 0.29) is 23.6 Å². The molecule has 0 aromatic rings. The Hall–Kier alpha value is 0.220. The molecule has 1 fully saturated rings. The average molecular weight is 253 g/mol. The smallest absolute Gasteiger partial charge is 0.154 e. The lowest BCUT2D eigenvalue weighted by Gasteiger charge is -2.20. The molecule has 0 spiro atoms. The topological polar surface area (TPSA) is 66.4 Å². The molecule has 2 N–H and O–H groups in total. The second kappa shape index (κ2) is 5.52. The van der Waals surface area contributed by atoms with E-state index in [9.17, 15) is 13.5 Å². The molecule has 0 amide bonds. The minimum atomic E-state index is -3.03. The van der Waals surface area contributed by atoms with Gasteiger partial charge in [-0.15, -0.1) is 0 Å². The molecule has 1 aliphatic rings. The Morgan fingerprint density at radius 1 is 1.53 bits per heavy atom. The molecule has 0 aromatic carbocycles. The molecular weight excluding hydrogens is 234 g/mol. The Morgan fingerprint density at radius 3 is 2.67 bits per heavy atom. The molecule has 0 saturated carbocycles. The van der Waals surface area contributed by atoms with Crippen LogP contribution in [0, 0.1) is 0 Å². The molecule has 0 bridgehead atoms. The molecule has 15 heavy (non-hydrogen) atoms. The Bertz CT molecular complexity index is 292. The maximum atomic E-state index is 11.2. The molecule has 6 heteroatoms. The summed E-state index contributed by atoms with van der Waals surface area (Å²) in [4.78, 5) is 0. The van der Waals surface area contributed by atoms with Gasteiger partial charge in [0.15, 0.2) is 9.84 Å². The zero-order valence-corrected chi connectivity index (χ0v) is 10.8. The largest absolute Gasteiger partial charge is 0.390 e. The highest BCUT2D eigenvalue weighted by Crippen LogP contribution is 2.13. The lowest BCUT2D eigenvalue weighted by Crippen LogP contribution is -2.44. The Kier molecular flexibility index (Phi) is 4.89. The highest BCUT2D eigenvalue weighted by molar-refractivity contribution is 7.98. The summed E-state index contributed by atoms with van der Waals surface area (Å²) in [6, 6.07) is -0.0303. The fourth-order valence-corrected chi connectivity index (χ4v) is 4.08. The first-order valence-electron chi connectivity index (χ1n) is 5.08. The van der Waals surface area contributed by atoms with E-state index in [0.717, 1.165) is 12.2 Å². The van der Waals surface area contributed by atoms with Crippen LogP contribution in [0.1, 0.15) is 13.3 Å². The molecule has 1 saturated heterocycles. The maximum Gasteiger partial charge on any atom is 0.154 e. The van der Waals surface area contributed by atoms with Crippen LogP contribution in [-0.2, 0) is 9.84 Å². The van der Waals surface area contributed by atoms with Crippen molar-refractivity contribution in [1.82, 2.24) is 5.32 Å². The number of hydrogen-bond acceptors (Lipinski definition) is 5. The third kappa shape index (κ3) is 4.30. The number of aliphatic hydroxyl groups excluding tert-OH is 1. The molecule has 0 aliphatic carbocycles. The van der Waals surface area contributed by atoms with Gasteiger partial charge in [0, 0.05) is 12.1 Å². The SMILES string of the molecule is CSCCC(C)NC1CS(=O)(=O)CC1O. The van der Waals surface area contributed by atoms with Gasteiger partial charge in [-0.25, -0.2) is 8.42 Å². The van der Waals surface area contributed by atoms with Crippen LogP contribution in [-0.4, -0.2) is 55.2 Å². The molecule has 4 nitrogen and oxygen atoms in total. The highest BCUT2D eigenvalue weighted by atomic mass is 32.2. The lowest BCUT2D eigenvalue weighted by molar-refractivity contribution is 0.160. The normalized spacial score (nSPS) is 31.7. The van der Waals surface area contributed by atoms with Crippen LogP contribution >= 0.6 is 11.8 Å². The van der Waals surface area contributed by atoms with Crippen molar-refractivity contribution in [3.05, 3.63) is 0 Å². The third-order valence-electron chi connectivity index (χ3n) is 2.58. The van der Waals surface area contributed by atoms with Gasteiger partial charge in [-0.3, -0.25) is 0 Å². The molecule has 1 rings (SSSR count). The Labute approximate surface area is 95.7 Å². The van der Waals surface area contributed by atoms with Gasteiger partial charge in [-0.05, 0) is 25.4 Å². The molecule has 3 unspecified atom stereocenters. The zero-order chi connectivity index (χ0) is 11.5. The summed E-state index contributed by atoms with van der Waals surface area (Å²) in [5, 5.41) is 12.7. The summed E-state index contributed by atoms with van der Waals surface area (Å²) in [6.45, 7) is 2.02. The van der Waals surface area contributed by atoms with Crippen LogP contribution in [0.4, 0.5) is 0 Å². The van der Waals surface area contributed by atoms with Gasteiger partial charge in [-0.2, -0.15) is 11.8 Å². The molecule has 0 aromatic heterocycles. The van der Waals surface area contributed by atoms with Crippen LogP contribution in [0.3, 0.4) is 0 Å². The van der Waals surface area contributed by atoms with Gasteiger partial charge >= 0.3 is 0 Å². The second-order valence-electron chi connectivity index (χ2n) is 4.10. The fourth-order valence-electron chi connectivity index (χ4n) is 1.73. The number of rotatable bonds is 5. The summed E-state index contributed by atoms with van der Waals surface area (Å²) in [7, 11) is -3.03. The first kappa shape index (κ1) is 13.3. The number of sulfone groups is 1. The van der Waals surface area contributed by atoms with E-state index in [2.05, 4.69) is 5.32 Å². The van der Waals surface area contributed by atoms with Crippen molar-refractivity contribution in [2.24, 2.45) is 0 Å². The van der Waals surface area contributed by atoms with Gasteiger partial charge in [0.1, 0.15) is 0 Å². The number of thioether (sulfide) groups is 1. The van der Waals surface area contributed by atoms with Crippen LogP contribution < -0.4 is 5.32 Å². The Balaban J connectivity index is 2.39. The molecule has 1 heterocycles.